The van der Waals surface area contributed by atoms with Gasteiger partial charge in [-0.3, -0.25) is 19.3 Å². The van der Waals surface area contributed by atoms with E-state index in [1.807, 2.05) is 49.4 Å². The fourth-order valence-electron chi connectivity index (χ4n) is 4.31. The molecule has 0 bridgehead atoms. The van der Waals surface area contributed by atoms with Gasteiger partial charge in [0.2, 0.25) is 17.7 Å². The molecule has 4 rings (SSSR count). The number of anilines is 1. The molecule has 1 heterocycles. The molecule has 2 aromatic carbocycles. The first-order chi connectivity index (χ1) is 14.5. The highest BCUT2D eigenvalue weighted by atomic mass is 16.2. The van der Waals surface area contributed by atoms with Gasteiger partial charge in [-0.05, 0) is 29.7 Å². The fraction of sp³-hybridized carbons (Fsp3) is 0.250. The number of hydrogen-bond donors (Lipinski definition) is 1. The number of carbonyl (C=O) groups excluding carboxylic acids is 3. The molecule has 150 valence electrons. The second-order valence-corrected chi connectivity index (χ2v) is 7.75. The van der Waals surface area contributed by atoms with Gasteiger partial charge in [-0.1, -0.05) is 55.5 Å². The molecule has 0 spiro atoms. The number of rotatable bonds is 4. The second kappa shape index (κ2) is 7.96. The Morgan fingerprint density at radius 1 is 1.07 bits per heavy atom. The Hall–Kier alpha value is -3.72. The third kappa shape index (κ3) is 3.50. The minimum Gasteiger partial charge on any atom is -0.326 e. The SMILES string of the molecule is C[C@@H]1C=C[C@@H]2C(=O)N(Cc3ccccc3)C(=O)[C@@H]2[C@@H]1C(=O)Nc1cccc(C#N)c1. The Morgan fingerprint density at radius 3 is 2.57 bits per heavy atom. The van der Waals surface area contributed by atoms with Gasteiger partial charge in [0.05, 0.1) is 35.9 Å². The van der Waals surface area contributed by atoms with E-state index in [-0.39, 0.29) is 30.2 Å². The zero-order valence-electron chi connectivity index (χ0n) is 16.5. The average Bonchev–Trinajstić information content (AvgIpc) is 2.99. The molecule has 0 unspecified atom stereocenters. The van der Waals surface area contributed by atoms with Gasteiger partial charge in [-0.2, -0.15) is 5.26 Å². The van der Waals surface area contributed by atoms with Gasteiger partial charge >= 0.3 is 0 Å². The van der Waals surface area contributed by atoms with Crippen molar-refractivity contribution in [1.29, 1.82) is 5.26 Å². The topological polar surface area (TPSA) is 90.3 Å². The fourth-order valence-corrected chi connectivity index (χ4v) is 4.31. The Morgan fingerprint density at radius 2 is 1.83 bits per heavy atom. The van der Waals surface area contributed by atoms with Crippen LogP contribution >= 0.6 is 0 Å². The summed E-state index contributed by atoms with van der Waals surface area (Å²) in [7, 11) is 0. The van der Waals surface area contributed by atoms with Crippen LogP contribution in [0.15, 0.2) is 66.7 Å². The summed E-state index contributed by atoms with van der Waals surface area (Å²) in [6, 6.07) is 18.0. The van der Waals surface area contributed by atoms with Crippen molar-refractivity contribution in [2.75, 3.05) is 5.32 Å². The predicted molar refractivity (Wildman–Crippen MR) is 111 cm³/mol. The van der Waals surface area contributed by atoms with Gasteiger partial charge in [-0.15, -0.1) is 0 Å². The summed E-state index contributed by atoms with van der Waals surface area (Å²) in [5.74, 6) is -3.10. The van der Waals surface area contributed by atoms with Crippen molar-refractivity contribution in [2.45, 2.75) is 13.5 Å². The van der Waals surface area contributed by atoms with Gasteiger partial charge < -0.3 is 5.32 Å². The lowest BCUT2D eigenvalue weighted by molar-refractivity contribution is -0.142. The van der Waals surface area contributed by atoms with Crippen molar-refractivity contribution in [3.63, 3.8) is 0 Å². The minimum atomic E-state index is -0.722. The van der Waals surface area contributed by atoms with E-state index < -0.39 is 17.8 Å². The van der Waals surface area contributed by atoms with Crippen LogP contribution in [-0.2, 0) is 20.9 Å². The van der Waals surface area contributed by atoms with E-state index >= 15 is 0 Å². The monoisotopic (exact) mass is 399 g/mol. The largest absolute Gasteiger partial charge is 0.326 e. The first-order valence-electron chi connectivity index (χ1n) is 9.88. The van der Waals surface area contributed by atoms with Crippen LogP contribution in [-0.4, -0.2) is 22.6 Å². The van der Waals surface area contributed by atoms with Gasteiger partial charge in [0.25, 0.3) is 0 Å². The van der Waals surface area contributed by atoms with Crippen molar-refractivity contribution in [1.82, 2.24) is 4.90 Å². The zero-order valence-corrected chi connectivity index (χ0v) is 16.5. The smallest absolute Gasteiger partial charge is 0.237 e. The molecule has 4 atom stereocenters. The second-order valence-electron chi connectivity index (χ2n) is 7.75. The molecule has 2 aromatic rings. The molecule has 0 saturated carbocycles. The van der Waals surface area contributed by atoms with E-state index in [4.69, 9.17) is 5.26 Å². The summed E-state index contributed by atoms with van der Waals surface area (Å²) in [5.41, 5.74) is 1.79. The summed E-state index contributed by atoms with van der Waals surface area (Å²) in [6.07, 6.45) is 3.61. The standard InChI is InChI=1S/C24H21N3O3/c1-15-10-11-19-21(20(15)22(28)26-18-9-5-8-17(12-18)13-25)24(30)27(23(19)29)14-16-6-3-2-4-7-16/h2-12,15,19-21H,14H2,1H3,(H,26,28)/t15-,19+,20-,21+/m1/s1. The third-order valence-electron chi connectivity index (χ3n) is 5.81. The van der Waals surface area contributed by atoms with Crippen LogP contribution in [0.1, 0.15) is 18.1 Å². The molecule has 6 nitrogen and oxygen atoms in total. The number of likely N-dealkylation sites (tertiary alicyclic amines) is 1. The van der Waals surface area contributed by atoms with Crippen LogP contribution in [0.25, 0.3) is 0 Å². The summed E-state index contributed by atoms with van der Waals surface area (Å²) in [5, 5.41) is 11.9. The Balaban J connectivity index is 1.59. The predicted octanol–water partition coefficient (Wildman–Crippen LogP) is 3.12. The van der Waals surface area contributed by atoms with Crippen LogP contribution in [0.3, 0.4) is 0 Å². The van der Waals surface area contributed by atoms with E-state index in [1.54, 1.807) is 30.3 Å². The molecular weight excluding hydrogens is 378 g/mol. The van der Waals surface area contributed by atoms with Crippen molar-refractivity contribution in [2.24, 2.45) is 23.7 Å². The van der Waals surface area contributed by atoms with Crippen LogP contribution in [0.5, 0.6) is 0 Å². The van der Waals surface area contributed by atoms with E-state index in [1.165, 1.54) is 4.90 Å². The first kappa shape index (κ1) is 19.6. The lowest BCUT2D eigenvalue weighted by atomic mass is 9.71. The molecule has 6 heteroatoms. The lowest BCUT2D eigenvalue weighted by Gasteiger charge is -2.30. The Kier molecular flexibility index (Phi) is 5.20. The number of carbonyl (C=O) groups is 3. The quantitative estimate of drug-likeness (QED) is 0.632. The summed E-state index contributed by atoms with van der Waals surface area (Å²) >= 11 is 0. The number of benzene rings is 2. The molecule has 30 heavy (non-hydrogen) atoms. The van der Waals surface area contributed by atoms with Crippen LogP contribution in [0.4, 0.5) is 5.69 Å². The van der Waals surface area contributed by atoms with Gasteiger partial charge in [0.1, 0.15) is 0 Å². The van der Waals surface area contributed by atoms with E-state index in [2.05, 4.69) is 5.32 Å². The van der Waals surface area contributed by atoms with E-state index in [9.17, 15) is 14.4 Å². The molecule has 2 aliphatic rings. The summed E-state index contributed by atoms with van der Waals surface area (Å²) in [6.45, 7) is 2.08. The average molecular weight is 399 g/mol. The van der Waals surface area contributed by atoms with Crippen molar-refractivity contribution in [3.05, 3.63) is 77.9 Å². The number of nitrogens with one attached hydrogen (secondary N) is 1. The molecule has 1 aliphatic heterocycles. The third-order valence-corrected chi connectivity index (χ3v) is 5.81. The molecule has 0 aromatic heterocycles. The Bertz CT molecular complexity index is 1070. The molecule has 1 aliphatic carbocycles. The molecule has 1 saturated heterocycles. The van der Waals surface area contributed by atoms with Crippen LogP contribution in [0.2, 0.25) is 0 Å². The molecule has 1 N–H and O–H groups in total. The molecule has 3 amide bonds. The maximum Gasteiger partial charge on any atom is 0.237 e. The number of allylic oxidation sites excluding steroid dienone is 1. The highest BCUT2D eigenvalue weighted by Crippen LogP contribution is 2.42. The highest BCUT2D eigenvalue weighted by molar-refractivity contribution is 6.09. The summed E-state index contributed by atoms with van der Waals surface area (Å²) < 4.78 is 0. The number of hydrogen-bond acceptors (Lipinski definition) is 4. The molecule has 1 fully saturated rings. The first-order valence-corrected chi connectivity index (χ1v) is 9.88. The van der Waals surface area contributed by atoms with Crippen molar-refractivity contribution >= 4 is 23.4 Å². The summed E-state index contributed by atoms with van der Waals surface area (Å²) in [4.78, 5) is 40.6. The molecule has 0 radical (unpaired) electrons. The minimum absolute atomic E-state index is 0.196. The van der Waals surface area contributed by atoms with Crippen LogP contribution in [0, 0.1) is 35.0 Å². The van der Waals surface area contributed by atoms with Gasteiger partial charge in [0, 0.05) is 5.69 Å². The Labute approximate surface area is 174 Å². The number of imide groups is 1. The maximum atomic E-state index is 13.2. The van der Waals surface area contributed by atoms with Crippen molar-refractivity contribution < 1.29 is 14.4 Å². The van der Waals surface area contributed by atoms with Gasteiger partial charge in [-0.25, -0.2) is 0 Å². The van der Waals surface area contributed by atoms with Crippen molar-refractivity contribution in [3.8, 4) is 6.07 Å². The molecular formula is C24H21N3O3. The van der Waals surface area contributed by atoms with Crippen LogP contribution < -0.4 is 5.32 Å². The lowest BCUT2D eigenvalue weighted by Crippen LogP contribution is -2.41. The number of fused-ring (bicyclic) bond motifs is 1. The van der Waals surface area contributed by atoms with E-state index in [0.717, 1.165) is 5.56 Å². The van der Waals surface area contributed by atoms with E-state index in [0.29, 0.717) is 11.3 Å². The zero-order chi connectivity index (χ0) is 21.3. The number of amides is 3. The number of nitriles is 1. The highest BCUT2D eigenvalue weighted by Gasteiger charge is 2.54. The number of nitrogens with zero attached hydrogens (tertiary/aromatic N) is 2. The van der Waals surface area contributed by atoms with Gasteiger partial charge in [0.15, 0.2) is 0 Å². The maximum absolute atomic E-state index is 13.2. The normalized spacial score (nSPS) is 25.0.